The summed E-state index contributed by atoms with van der Waals surface area (Å²) < 4.78 is 16.0. The maximum atomic E-state index is 11.2. The summed E-state index contributed by atoms with van der Waals surface area (Å²) in [5.41, 5.74) is -0.537. The van der Waals surface area contributed by atoms with Crippen molar-refractivity contribution in [3.8, 4) is 0 Å². The number of esters is 2. The number of rotatable bonds is 4. The molecule has 1 saturated heterocycles. The van der Waals surface area contributed by atoms with Gasteiger partial charge in [-0.25, -0.2) is 0 Å². The summed E-state index contributed by atoms with van der Waals surface area (Å²) in [5, 5.41) is 0. The van der Waals surface area contributed by atoms with Gasteiger partial charge in [-0.1, -0.05) is 6.08 Å². The van der Waals surface area contributed by atoms with Crippen molar-refractivity contribution in [2.24, 2.45) is 0 Å². The zero-order valence-corrected chi connectivity index (χ0v) is 11.2. The van der Waals surface area contributed by atoms with Gasteiger partial charge in [0.1, 0.15) is 0 Å². The van der Waals surface area contributed by atoms with Crippen molar-refractivity contribution in [2.75, 3.05) is 0 Å². The quantitative estimate of drug-likeness (QED) is 0.439. The molecule has 0 saturated carbocycles. The summed E-state index contributed by atoms with van der Waals surface area (Å²) in [6.07, 6.45) is 4.21. The Morgan fingerprint density at radius 3 is 2.28 bits per heavy atom. The molecule has 0 N–H and O–H groups in total. The van der Waals surface area contributed by atoms with Crippen LogP contribution in [-0.2, 0) is 23.8 Å². The van der Waals surface area contributed by atoms with Gasteiger partial charge in [0.05, 0.1) is 12.0 Å². The van der Waals surface area contributed by atoms with Crippen molar-refractivity contribution in [3.05, 3.63) is 12.7 Å². The molecule has 5 heteroatoms. The third-order valence-corrected chi connectivity index (χ3v) is 2.77. The van der Waals surface area contributed by atoms with E-state index in [1.54, 1.807) is 6.08 Å². The summed E-state index contributed by atoms with van der Waals surface area (Å²) in [7, 11) is 0. The third kappa shape index (κ3) is 3.84. The van der Waals surface area contributed by atoms with Crippen LogP contribution in [0.3, 0.4) is 0 Å². The highest BCUT2D eigenvalue weighted by Crippen LogP contribution is 2.39. The molecule has 0 aromatic carbocycles. The monoisotopic (exact) mass is 256 g/mol. The van der Waals surface area contributed by atoms with Crippen LogP contribution in [0.25, 0.3) is 0 Å². The van der Waals surface area contributed by atoms with Crippen LogP contribution < -0.4 is 0 Å². The van der Waals surface area contributed by atoms with Gasteiger partial charge in [0, 0.05) is 13.8 Å². The Balaban J connectivity index is 2.91. The molecule has 0 radical (unpaired) electrons. The standard InChI is InChI=1S/C13H20O5/c1-5-7-12(4)8-6-9-13(18-12,16-10(2)14)17-11(3)15/h5H,1,6-9H2,2-4H3. The molecule has 0 aromatic heterocycles. The van der Waals surface area contributed by atoms with Crippen LogP contribution >= 0.6 is 0 Å². The van der Waals surface area contributed by atoms with Gasteiger partial charge in [-0.2, -0.15) is 0 Å². The van der Waals surface area contributed by atoms with Crippen molar-refractivity contribution >= 4 is 11.9 Å². The lowest BCUT2D eigenvalue weighted by Gasteiger charge is -2.43. The van der Waals surface area contributed by atoms with Crippen LogP contribution in [0.2, 0.25) is 0 Å². The van der Waals surface area contributed by atoms with Crippen LogP contribution in [0.4, 0.5) is 0 Å². The summed E-state index contributed by atoms with van der Waals surface area (Å²) in [6, 6.07) is 0. The highest BCUT2D eigenvalue weighted by Gasteiger charge is 2.48. The van der Waals surface area contributed by atoms with E-state index in [0.717, 1.165) is 12.8 Å². The Morgan fingerprint density at radius 1 is 1.28 bits per heavy atom. The maximum Gasteiger partial charge on any atom is 0.376 e. The zero-order valence-electron chi connectivity index (χ0n) is 11.2. The van der Waals surface area contributed by atoms with Gasteiger partial charge >= 0.3 is 17.9 Å². The first kappa shape index (κ1) is 14.7. The lowest BCUT2D eigenvalue weighted by Crippen LogP contribution is -2.51. The Labute approximate surface area is 107 Å². The largest absolute Gasteiger partial charge is 0.398 e. The molecule has 1 heterocycles. The molecule has 1 unspecified atom stereocenters. The first-order valence-electron chi connectivity index (χ1n) is 6.01. The second kappa shape index (κ2) is 5.52. The van der Waals surface area contributed by atoms with E-state index >= 15 is 0 Å². The van der Waals surface area contributed by atoms with Gasteiger partial charge < -0.3 is 14.2 Å². The van der Waals surface area contributed by atoms with Crippen LogP contribution in [-0.4, -0.2) is 23.5 Å². The Bertz CT molecular complexity index is 333. The Morgan fingerprint density at radius 2 is 1.83 bits per heavy atom. The minimum absolute atomic E-state index is 0.346. The fraction of sp³-hybridized carbons (Fsp3) is 0.692. The van der Waals surface area contributed by atoms with E-state index < -0.39 is 23.5 Å². The molecular weight excluding hydrogens is 236 g/mol. The summed E-state index contributed by atoms with van der Waals surface area (Å²) in [5.74, 6) is -2.67. The lowest BCUT2D eigenvalue weighted by molar-refractivity contribution is -0.391. The van der Waals surface area contributed by atoms with Gasteiger partial charge in [-0.3, -0.25) is 9.59 Å². The number of hydrogen-bond acceptors (Lipinski definition) is 5. The molecule has 5 nitrogen and oxygen atoms in total. The van der Waals surface area contributed by atoms with Crippen LogP contribution in [0, 0.1) is 0 Å². The summed E-state index contributed by atoms with van der Waals surface area (Å²) in [6.45, 7) is 8.07. The Hall–Kier alpha value is -1.36. The maximum absolute atomic E-state index is 11.2. The molecule has 1 atom stereocenters. The van der Waals surface area contributed by atoms with Crippen molar-refractivity contribution < 1.29 is 23.8 Å². The number of ether oxygens (including phenoxy) is 3. The fourth-order valence-corrected chi connectivity index (χ4v) is 2.21. The fourth-order valence-electron chi connectivity index (χ4n) is 2.21. The molecule has 0 amide bonds. The molecule has 0 bridgehead atoms. The summed E-state index contributed by atoms with van der Waals surface area (Å²) >= 11 is 0. The van der Waals surface area contributed by atoms with Gasteiger partial charge in [-0.05, 0) is 26.2 Å². The number of carbonyl (C=O) groups excluding carboxylic acids is 2. The molecule has 0 aliphatic carbocycles. The first-order chi connectivity index (χ1) is 8.31. The van der Waals surface area contributed by atoms with Crippen LogP contribution in [0.15, 0.2) is 12.7 Å². The van der Waals surface area contributed by atoms with Gasteiger partial charge in [0.2, 0.25) is 0 Å². The van der Waals surface area contributed by atoms with E-state index in [9.17, 15) is 9.59 Å². The molecule has 18 heavy (non-hydrogen) atoms. The molecule has 0 aromatic rings. The van der Waals surface area contributed by atoms with Crippen LogP contribution in [0.5, 0.6) is 0 Å². The minimum atomic E-state index is -1.59. The zero-order chi connectivity index (χ0) is 13.8. The smallest absolute Gasteiger partial charge is 0.376 e. The first-order valence-corrected chi connectivity index (χ1v) is 6.01. The lowest BCUT2D eigenvalue weighted by atomic mass is 9.91. The van der Waals surface area contributed by atoms with E-state index in [1.807, 2.05) is 6.92 Å². The number of hydrogen-bond donors (Lipinski definition) is 0. The van der Waals surface area contributed by atoms with E-state index in [2.05, 4.69) is 6.58 Å². The van der Waals surface area contributed by atoms with Gasteiger partial charge in [0.25, 0.3) is 0 Å². The second-order valence-corrected chi connectivity index (χ2v) is 4.77. The summed E-state index contributed by atoms with van der Waals surface area (Å²) in [4.78, 5) is 22.3. The van der Waals surface area contributed by atoms with E-state index in [1.165, 1.54) is 13.8 Å². The second-order valence-electron chi connectivity index (χ2n) is 4.77. The van der Waals surface area contributed by atoms with E-state index in [-0.39, 0.29) is 0 Å². The molecule has 1 fully saturated rings. The number of carbonyl (C=O) groups is 2. The van der Waals surface area contributed by atoms with Crippen molar-refractivity contribution in [1.29, 1.82) is 0 Å². The van der Waals surface area contributed by atoms with Crippen LogP contribution in [0.1, 0.15) is 46.5 Å². The molecule has 0 spiro atoms. The average Bonchev–Trinajstić information content (AvgIpc) is 2.13. The highest BCUT2D eigenvalue weighted by molar-refractivity contribution is 5.68. The third-order valence-electron chi connectivity index (χ3n) is 2.77. The molecule has 1 rings (SSSR count). The van der Waals surface area contributed by atoms with Crippen molar-refractivity contribution in [1.82, 2.24) is 0 Å². The molecule has 1 aliphatic heterocycles. The Kier molecular flexibility index (Phi) is 4.51. The molecule has 1 aliphatic rings. The normalized spacial score (nSPS) is 26.2. The molecule has 102 valence electrons. The molecular formula is C13H20O5. The van der Waals surface area contributed by atoms with E-state index in [4.69, 9.17) is 14.2 Å². The van der Waals surface area contributed by atoms with Crippen molar-refractivity contribution in [2.45, 2.75) is 58.0 Å². The SMILES string of the molecule is C=CCC1(C)CCCC(OC(C)=O)(OC(C)=O)O1. The predicted molar refractivity (Wildman–Crippen MR) is 64.4 cm³/mol. The van der Waals surface area contributed by atoms with Gasteiger partial charge in [0.15, 0.2) is 0 Å². The van der Waals surface area contributed by atoms with Gasteiger partial charge in [-0.15, -0.1) is 6.58 Å². The van der Waals surface area contributed by atoms with Crippen molar-refractivity contribution in [3.63, 3.8) is 0 Å². The minimum Gasteiger partial charge on any atom is -0.398 e. The highest BCUT2D eigenvalue weighted by atomic mass is 16.9. The topological polar surface area (TPSA) is 61.8 Å². The predicted octanol–water partition coefficient (Wildman–Crippen LogP) is 2.30. The average molecular weight is 256 g/mol. The van der Waals surface area contributed by atoms with E-state index in [0.29, 0.717) is 12.8 Å².